The molecule has 0 heterocycles. The SMILES string of the molecule is NCC(=O)NCC(=O)NC(CO)C(=O)NC(CC(N)=O)C(=O)NC(Cc1ccccc1)C(=O)NCCc1ccccc1. The number of benzene rings is 2. The molecule has 0 fully saturated rings. The normalized spacial score (nSPS) is 12.6. The maximum absolute atomic E-state index is 13.2. The number of primary amides is 1. The third kappa shape index (κ3) is 12.1. The van der Waals surface area contributed by atoms with E-state index in [4.69, 9.17) is 11.5 Å². The van der Waals surface area contributed by atoms with Crippen LogP contribution >= 0.6 is 0 Å². The molecule has 14 heteroatoms. The minimum absolute atomic E-state index is 0.116. The molecule has 226 valence electrons. The standard InChI is InChI=1S/C28H37N7O7/c29-15-24(38)32-16-25(39)33-22(17-36)28(42)35-21(14-23(30)37)27(41)34-20(13-19-9-5-2-6-10-19)26(40)31-12-11-18-7-3-1-4-8-18/h1-10,20-22,36H,11-17,29H2,(H2,30,37)(H,31,40)(H,32,38)(H,33,39)(H,34,41)(H,35,42). The van der Waals surface area contributed by atoms with E-state index < -0.39 is 73.1 Å². The van der Waals surface area contributed by atoms with Gasteiger partial charge in [-0.3, -0.25) is 28.8 Å². The highest BCUT2D eigenvalue weighted by molar-refractivity contribution is 5.96. The largest absolute Gasteiger partial charge is 0.394 e. The van der Waals surface area contributed by atoms with Crippen molar-refractivity contribution in [1.29, 1.82) is 0 Å². The topological polar surface area (TPSA) is 235 Å². The zero-order valence-electron chi connectivity index (χ0n) is 23.0. The molecule has 2 aromatic carbocycles. The first-order chi connectivity index (χ1) is 20.1. The molecule has 0 saturated carbocycles. The minimum atomic E-state index is -1.52. The van der Waals surface area contributed by atoms with E-state index in [9.17, 15) is 33.9 Å². The van der Waals surface area contributed by atoms with Gasteiger partial charge in [0.2, 0.25) is 35.4 Å². The minimum Gasteiger partial charge on any atom is -0.394 e. The van der Waals surface area contributed by atoms with Crippen molar-refractivity contribution in [3.63, 3.8) is 0 Å². The first-order valence-electron chi connectivity index (χ1n) is 13.2. The lowest BCUT2D eigenvalue weighted by Gasteiger charge is -2.24. The average Bonchev–Trinajstić information content (AvgIpc) is 2.98. The molecule has 14 nitrogen and oxygen atoms in total. The number of rotatable bonds is 17. The summed E-state index contributed by atoms with van der Waals surface area (Å²) < 4.78 is 0. The highest BCUT2D eigenvalue weighted by Crippen LogP contribution is 2.06. The quantitative estimate of drug-likeness (QED) is 0.0952. The predicted molar refractivity (Wildman–Crippen MR) is 152 cm³/mol. The van der Waals surface area contributed by atoms with Gasteiger partial charge in [-0.25, -0.2) is 0 Å². The Morgan fingerprint density at radius 1 is 0.690 bits per heavy atom. The van der Waals surface area contributed by atoms with Crippen molar-refractivity contribution in [2.24, 2.45) is 11.5 Å². The Kier molecular flexibility index (Phi) is 14.1. The summed E-state index contributed by atoms with van der Waals surface area (Å²) in [7, 11) is 0. The molecule has 0 aromatic heterocycles. The molecule has 0 aliphatic rings. The van der Waals surface area contributed by atoms with Gasteiger partial charge in [-0.1, -0.05) is 60.7 Å². The number of aliphatic hydroxyl groups excluding tert-OH is 1. The molecule has 2 aromatic rings. The molecule has 3 atom stereocenters. The summed E-state index contributed by atoms with van der Waals surface area (Å²) >= 11 is 0. The second kappa shape index (κ2) is 17.8. The molecule has 0 aliphatic heterocycles. The summed E-state index contributed by atoms with van der Waals surface area (Å²) in [5.41, 5.74) is 12.2. The average molecular weight is 584 g/mol. The summed E-state index contributed by atoms with van der Waals surface area (Å²) in [4.78, 5) is 74.2. The third-order valence-electron chi connectivity index (χ3n) is 5.98. The summed E-state index contributed by atoms with van der Waals surface area (Å²) in [6, 6.07) is 14.3. The lowest BCUT2D eigenvalue weighted by Crippen LogP contribution is -2.59. The van der Waals surface area contributed by atoms with Gasteiger partial charge in [0.05, 0.1) is 26.1 Å². The second-order valence-electron chi connectivity index (χ2n) is 9.29. The van der Waals surface area contributed by atoms with Crippen molar-refractivity contribution in [2.75, 3.05) is 26.2 Å². The smallest absolute Gasteiger partial charge is 0.245 e. The van der Waals surface area contributed by atoms with Gasteiger partial charge in [-0.2, -0.15) is 0 Å². The molecule has 0 aliphatic carbocycles. The Hall–Kier alpha value is -4.82. The van der Waals surface area contributed by atoms with Crippen LogP contribution in [0.3, 0.4) is 0 Å². The maximum atomic E-state index is 13.2. The fraction of sp³-hybridized carbons (Fsp3) is 0.357. The lowest BCUT2D eigenvalue weighted by molar-refractivity contribution is -0.135. The lowest BCUT2D eigenvalue weighted by atomic mass is 10.0. The van der Waals surface area contributed by atoms with Crippen LogP contribution in [0.4, 0.5) is 0 Å². The van der Waals surface area contributed by atoms with E-state index in [2.05, 4.69) is 26.6 Å². The van der Waals surface area contributed by atoms with Crippen molar-refractivity contribution in [3.05, 3.63) is 71.8 Å². The van der Waals surface area contributed by atoms with Gasteiger partial charge in [0, 0.05) is 13.0 Å². The van der Waals surface area contributed by atoms with E-state index in [-0.39, 0.29) is 13.0 Å². The Morgan fingerprint density at radius 3 is 1.83 bits per heavy atom. The van der Waals surface area contributed by atoms with Gasteiger partial charge >= 0.3 is 0 Å². The molecule has 42 heavy (non-hydrogen) atoms. The highest BCUT2D eigenvalue weighted by Gasteiger charge is 2.30. The van der Waals surface area contributed by atoms with Crippen molar-refractivity contribution in [3.8, 4) is 0 Å². The van der Waals surface area contributed by atoms with Crippen molar-refractivity contribution < 1.29 is 33.9 Å². The maximum Gasteiger partial charge on any atom is 0.245 e. The number of amides is 6. The number of hydrogen-bond acceptors (Lipinski definition) is 8. The molecular weight excluding hydrogens is 546 g/mol. The molecular formula is C28H37N7O7. The van der Waals surface area contributed by atoms with Gasteiger partial charge in [0.25, 0.3) is 0 Å². The van der Waals surface area contributed by atoms with Crippen LogP contribution in [0.1, 0.15) is 17.5 Å². The zero-order chi connectivity index (χ0) is 30.9. The molecule has 0 bridgehead atoms. The van der Waals surface area contributed by atoms with E-state index in [1.807, 2.05) is 30.3 Å². The van der Waals surface area contributed by atoms with E-state index in [1.165, 1.54) is 0 Å². The van der Waals surface area contributed by atoms with Crippen LogP contribution in [-0.2, 0) is 41.6 Å². The number of nitrogens with two attached hydrogens (primary N) is 2. The van der Waals surface area contributed by atoms with Crippen molar-refractivity contribution in [1.82, 2.24) is 26.6 Å². The molecule has 3 unspecified atom stereocenters. The molecule has 0 radical (unpaired) electrons. The van der Waals surface area contributed by atoms with E-state index in [1.54, 1.807) is 30.3 Å². The Bertz CT molecular complexity index is 1210. The molecule has 2 rings (SSSR count). The van der Waals surface area contributed by atoms with Crippen LogP contribution in [0.25, 0.3) is 0 Å². The van der Waals surface area contributed by atoms with Crippen LogP contribution in [-0.4, -0.2) is 84.9 Å². The van der Waals surface area contributed by atoms with Gasteiger partial charge in [0.1, 0.15) is 18.1 Å². The predicted octanol–water partition coefficient (Wildman–Crippen LogP) is -3.01. The van der Waals surface area contributed by atoms with Crippen LogP contribution in [0, 0.1) is 0 Å². The summed E-state index contributed by atoms with van der Waals surface area (Å²) in [6.45, 7) is -1.41. The van der Waals surface area contributed by atoms with Crippen LogP contribution in [0.15, 0.2) is 60.7 Å². The monoisotopic (exact) mass is 583 g/mol. The highest BCUT2D eigenvalue weighted by atomic mass is 16.3. The van der Waals surface area contributed by atoms with E-state index in [0.717, 1.165) is 11.1 Å². The summed E-state index contributed by atoms with van der Waals surface area (Å²) in [6.07, 6.45) is 0.0534. The Morgan fingerprint density at radius 2 is 1.26 bits per heavy atom. The first-order valence-corrected chi connectivity index (χ1v) is 13.2. The number of hydrogen-bond donors (Lipinski definition) is 8. The van der Waals surface area contributed by atoms with E-state index >= 15 is 0 Å². The Labute approximate surface area is 243 Å². The number of aliphatic hydroxyl groups is 1. The van der Waals surface area contributed by atoms with Crippen molar-refractivity contribution >= 4 is 35.4 Å². The molecule has 6 amide bonds. The van der Waals surface area contributed by atoms with Crippen LogP contribution < -0.4 is 38.1 Å². The van der Waals surface area contributed by atoms with Gasteiger partial charge < -0.3 is 43.2 Å². The summed E-state index contributed by atoms with van der Waals surface area (Å²) in [5, 5.41) is 21.7. The fourth-order valence-electron chi connectivity index (χ4n) is 3.80. The van der Waals surface area contributed by atoms with Gasteiger partial charge in [-0.05, 0) is 17.5 Å². The molecule has 10 N–H and O–H groups in total. The number of carbonyl (C=O) groups is 6. The Balaban J connectivity index is 2.10. The fourth-order valence-corrected chi connectivity index (χ4v) is 3.80. The second-order valence-corrected chi connectivity index (χ2v) is 9.29. The number of carbonyl (C=O) groups excluding carboxylic acids is 6. The van der Waals surface area contributed by atoms with E-state index in [0.29, 0.717) is 13.0 Å². The third-order valence-corrected chi connectivity index (χ3v) is 5.98. The molecule has 0 saturated heterocycles. The molecule has 0 spiro atoms. The zero-order valence-corrected chi connectivity index (χ0v) is 23.0. The van der Waals surface area contributed by atoms with Crippen LogP contribution in [0.2, 0.25) is 0 Å². The first kappa shape index (κ1) is 33.4. The van der Waals surface area contributed by atoms with Gasteiger partial charge in [0.15, 0.2) is 0 Å². The van der Waals surface area contributed by atoms with Gasteiger partial charge in [-0.15, -0.1) is 0 Å². The number of nitrogens with one attached hydrogen (secondary N) is 5. The van der Waals surface area contributed by atoms with Crippen LogP contribution in [0.5, 0.6) is 0 Å². The summed E-state index contributed by atoms with van der Waals surface area (Å²) in [5.74, 6) is -4.69. The van der Waals surface area contributed by atoms with Crippen molar-refractivity contribution in [2.45, 2.75) is 37.4 Å².